The highest BCUT2D eigenvalue weighted by Gasteiger charge is 2.03. The van der Waals surface area contributed by atoms with Crippen LogP contribution in [0, 0.1) is 0 Å². The fraction of sp³-hybridized carbons (Fsp3) is 1.00. The first-order valence-electron chi connectivity index (χ1n) is 11.6. The molecule has 0 aromatic rings. The van der Waals surface area contributed by atoms with Crippen LogP contribution >= 0.6 is 0 Å². The van der Waals surface area contributed by atoms with Gasteiger partial charge >= 0.3 is 0 Å². The Morgan fingerprint density at radius 1 is 0.480 bits per heavy atom. The predicted molar refractivity (Wildman–Crippen MR) is 111 cm³/mol. The summed E-state index contributed by atoms with van der Waals surface area (Å²) in [5.74, 6) is 0. The molecule has 152 valence electrons. The maximum absolute atomic E-state index is 10.0. The second-order valence-electron chi connectivity index (χ2n) is 7.97. The number of hydrogen-bond donors (Lipinski definition) is 2. The van der Waals surface area contributed by atoms with Gasteiger partial charge in [0.1, 0.15) is 0 Å². The van der Waals surface area contributed by atoms with Crippen LogP contribution in [0.4, 0.5) is 0 Å². The van der Waals surface area contributed by atoms with E-state index in [1.54, 1.807) is 0 Å². The Labute approximate surface area is 158 Å². The first kappa shape index (κ1) is 24.9. The average molecular weight is 357 g/mol. The summed E-state index contributed by atoms with van der Waals surface area (Å²) in [6, 6.07) is 0. The molecule has 0 rings (SSSR count). The molecule has 0 aliphatic carbocycles. The van der Waals surface area contributed by atoms with Crippen molar-refractivity contribution in [3.63, 3.8) is 0 Å². The van der Waals surface area contributed by atoms with E-state index in [4.69, 9.17) is 5.11 Å². The van der Waals surface area contributed by atoms with Crippen molar-refractivity contribution in [1.82, 2.24) is 0 Å². The summed E-state index contributed by atoms with van der Waals surface area (Å²) in [7, 11) is 0. The third kappa shape index (κ3) is 21.9. The molecule has 0 aliphatic heterocycles. The maximum Gasteiger partial charge on any atom is 0.0540 e. The Hall–Kier alpha value is -0.0800. The third-order valence-electron chi connectivity index (χ3n) is 5.34. The van der Waals surface area contributed by atoms with Gasteiger partial charge in [-0.25, -0.2) is 0 Å². The number of hydrogen-bond acceptors (Lipinski definition) is 2. The van der Waals surface area contributed by atoms with Crippen LogP contribution < -0.4 is 0 Å². The molecule has 0 saturated carbocycles. The van der Waals surface area contributed by atoms with Crippen LogP contribution in [0.5, 0.6) is 0 Å². The van der Waals surface area contributed by atoms with E-state index in [9.17, 15) is 5.11 Å². The molecule has 2 nitrogen and oxygen atoms in total. The molecule has 0 aromatic heterocycles. The van der Waals surface area contributed by atoms with E-state index in [0.29, 0.717) is 6.61 Å². The van der Waals surface area contributed by atoms with Crippen LogP contribution in [0.15, 0.2) is 0 Å². The molecule has 0 aliphatic rings. The quantitative estimate of drug-likeness (QED) is 0.214. The van der Waals surface area contributed by atoms with Crippen molar-refractivity contribution in [2.24, 2.45) is 0 Å². The monoisotopic (exact) mass is 356 g/mol. The minimum Gasteiger partial charge on any atom is -0.396 e. The lowest BCUT2D eigenvalue weighted by molar-refractivity contribution is 0.147. The molecule has 0 radical (unpaired) electrons. The van der Waals surface area contributed by atoms with Gasteiger partial charge in [0.15, 0.2) is 0 Å². The molecule has 0 bridgehead atoms. The van der Waals surface area contributed by atoms with E-state index in [1.165, 1.54) is 109 Å². The van der Waals surface area contributed by atoms with E-state index in [-0.39, 0.29) is 6.10 Å². The molecule has 0 aromatic carbocycles. The zero-order valence-corrected chi connectivity index (χ0v) is 17.3. The second kappa shape index (κ2) is 22.0. The van der Waals surface area contributed by atoms with Gasteiger partial charge in [0.2, 0.25) is 0 Å². The Kier molecular flexibility index (Phi) is 21.9. The summed E-state index contributed by atoms with van der Waals surface area (Å²) in [5, 5.41) is 18.8. The number of aliphatic hydroxyl groups is 2. The maximum atomic E-state index is 10.0. The number of rotatable bonds is 21. The van der Waals surface area contributed by atoms with E-state index in [0.717, 1.165) is 19.3 Å². The fourth-order valence-corrected chi connectivity index (χ4v) is 3.56. The minimum absolute atomic E-state index is 0.0494. The molecule has 1 atom stereocenters. The molecule has 0 spiro atoms. The van der Waals surface area contributed by atoms with Gasteiger partial charge in [-0.2, -0.15) is 0 Å². The van der Waals surface area contributed by atoms with E-state index < -0.39 is 0 Å². The Morgan fingerprint density at radius 2 is 0.800 bits per heavy atom. The summed E-state index contributed by atoms with van der Waals surface area (Å²) in [5.41, 5.74) is 0. The molecular weight excluding hydrogens is 308 g/mol. The van der Waals surface area contributed by atoms with Gasteiger partial charge in [0.05, 0.1) is 6.10 Å². The average Bonchev–Trinajstić information content (AvgIpc) is 2.62. The first-order chi connectivity index (χ1) is 12.3. The fourth-order valence-electron chi connectivity index (χ4n) is 3.56. The molecule has 0 saturated heterocycles. The van der Waals surface area contributed by atoms with Gasteiger partial charge in [0, 0.05) is 6.61 Å². The predicted octanol–water partition coefficient (Wildman–Crippen LogP) is 7.16. The van der Waals surface area contributed by atoms with Crippen molar-refractivity contribution in [1.29, 1.82) is 0 Å². The smallest absolute Gasteiger partial charge is 0.0540 e. The third-order valence-corrected chi connectivity index (χ3v) is 5.34. The molecule has 2 heteroatoms. The zero-order chi connectivity index (χ0) is 18.4. The topological polar surface area (TPSA) is 40.5 Å². The molecule has 0 amide bonds. The molecular formula is C23H48O2. The lowest BCUT2D eigenvalue weighted by Crippen LogP contribution is -2.05. The van der Waals surface area contributed by atoms with Gasteiger partial charge < -0.3 is 10.2 Å². The van der Waals surface area contributed by atoms with Crippen molar-refractivity contribution in [2.75, 3.05) is 6.61 Å². The van der Waals surface area contributed by atoms with Gasteiger partial charge in [-0.1, -0.05) is 116 Å². The summed E-state index contributed by atoms with van der Waals surface area (Å²) in [6.45, 7) is 2.62. The molecule has 25 heavy (non-hydrogen) atoms. The number of unbranched alkanes of at least 4 members (excludes halogenated alkanes) is 16. The van der Waals surface area contributed by atoms with Gasteiger partial charge in [-0.15, -0.1) is 0 Å². The van der Waals surface area contributed by atoms with Crippen LogP contribution in [-0.4, -0.2) is 22.9 Å². The highest BCUT2D eigenvalue weighted by atomic mass is 16.3. The van der Waals surface area contributed by atoms with Crippen molar-refractivity contribution in [3.05, 3.63) is 0 Å². The van der Waals surface area contributed by atoms with Crippen molar-refractivity contribution in [3.8, 4) is 0 Å². The lowest BCUT2D eigenvalue weighted by atomic mass is 10.0. The summed E-state index contributed by atoms with van der Waals surface area (Å²) < 4.78 is 0. The Bertz CT molecular complexity index is 230. The normalized spacial score (nSPS) is 12.6. The van der Waals surface area contributed by atoms with Gasteiger partial charge in [0.25, 0.3) is 0 Å². The van der Waals surface area contributed by atoms with E-state index in [1.807, 2.05) is 0 Å². The van der Waals surface area contributed by atoms with Gasteiger partial charge in [-0.05, 0) is 19.3 Å². The number of aliphatic hydroxyl groups excluding tert-OH is 2. The summed E-state index contributed by atoms with van der Waals surface area (Å²) >= 11 is 0. The lowest BCUT2D eigenvalue weighted by Gasteiger charge is -2.10. The standard InChI is InChI=1S/C23H48O2/c1-2-3-4-5-6-11-14-17-20-23(25)21-18-15-12-9-7-8-10-13-16-19-22-24/h23-25H,2-22H2,1H3. The van der Waals surface area contributed by atoms with Crippen LogP contribution in [0.2, 0.25) is 0 Å². The second-order valence-corrected chi connectivity index (χ2v) is 7.97. The SMILES string of the molecule is CCCCCCCCCCC(O)CCCCCCCCCCCCO. The largest absolute Gasteiger partial charge is 0.396 e. The summed E-state index contributed by atoms with van der Waals surface area (Å²) in [4.78, 5) is 0. The zero-order valence-electron chi connectivity index (χ0n) is 17.3. The van der Waals surface area contributed by atoms with E-state index >= 15 is 0 Å². The van der Waals surface area contributed by atoms with Crippen LogP contribution in [-0.2, 0) is 0 Å². The van der Waals surface area contributed by atoms with Crippen molar-refractivity contribution >= 4 is 0 Å². The molecule has 0 fully saturated rings. The van der Waals surface area contributed by atoms with Crippen LogP contribution in [0.25, 0.3) is 0 Å². The minimum atomic E-state index is -0.0494. The highest BCUT2D eigenvalue weighted by Crippen LogP contribution is 2.15. The molecule has 1 unspecified atom stereocenters. The Morgan fingerprint density at radius 3 is 1.16 bits per heavy atom. The molecule has 0 heterocycles. The van der Waals surface area contributed by atoms with Crippen molar-refractivity contribution < 1.29 is 10.2 Å². The Balaban J connectivity index is 3.11. The molecule has 2 N–H and O–H groups in total. The van der Waals surface area contributed by atoms with Crippen molar-refractivity contribution in [2.45, 2.75) is 141 Å². The highest BCUT2D eigenvalue weighted by molar-refractivity contribution is 4.57. The van der Waals surface area contributed by atoms with Crippen LogP contribution in [0.3, 0.4) is 0 Å². The first-order valence-corrected chi connectivity index (χ1v) is 11.6. The summed E-state index contributed by atoms with van der Waals surface area (Å²) in [6.07, 6.45) is 25.4. The van der Waals surface area contributed by atoms with Gasteiger partial charge in [-0.3, -0.25) is 0 Å². The van der Waals surface area contributed by atoms with E-state index in [2.05, 4.69) is 6.92 Å². The van der Waals surface area contributed by atoms with Crippen LogP contribution in [0.1, 0.15) is 135 Å².